The minimum atomic E-state index is -0.481. The van der Waals surface area contributed by atoms with Crippen LogP contribution in [-0.4, -0.2) is 4.57 Å². The average Bonchev–Trinajstić information content (AvgIpc) is 3.93. The average molecular weight is 879 g/mol. The van der Waals surface area contributed by atoms with E-state index in [0.717, 1.165) is 39.3 Å². The molecular formula is C67H46N2. The van der Waals surface area contributed by atoms with Crippen LogP contribution >= 0.6 is 0 Å². The van der Waals surface area contributed by atoms with Gasteiger partial charge in [0.15, 0.2) is 0 Å². The van der Waals surface area contributed by atoms with Gasteiger partial charge in [-0.1, -0.05) is 224 Å². The lowest BCUT2D eigenvalue weighted by Gasteiger charge is -2.34. The zero-order chi connectivity index (χ0) is 45.7. The van der Waals surface area contributed by atoms with E-state index in [1.54, 1.807) is 0 Å². The molecule has 13 rings (SSSR count). The van der Waals surface area contributed by atoms with E-state index in [9.17, 15) is 0 Å². The van der Waals surface area contributed by atoms with E-state index in [-0.39, 0.29) is 0 Å². The molecule has 2 nitrogen and oxygen atoms in total. The lowest BCUT2D eigenvalue weighted by atomic mass is 9.67. The summed E-state index contributed by atoms with van der Waals surface area (Å²) in [5.41, 5.74) is 21.1. The highest BCUT2D eigenvalue weighted by Crippen LogP contribution is 2.58. The predicted molar refractivity (Wildman–Crippen MR) is 289 cm³/mol. The lowest BCUT2D eigenvalue weighted by molar-refractivity contribution is 0.768. The van der Waals surface area contributed by atoms with Crippen molar-refractivity contribution in [1.82, 2.24) is 4.57 Å². The summed E-state index contributed by atoms with van der Waals surface area (Å²) in [4.78, 5) is 2.37. The predicted octanol–water partition coefficient (Wildman–Crippen LogP) is 17.6. The van der Waals surface area contributed by atoms with Crippen molar-refractivity contribution in [2.45, 2.75) is 5.41 Å². The van der Waals surface area contributed by atoms with Crippen LogP contribution in [0.2, 0.25) is 0 Å². The molecule has 69 heavy (non-hydrogen) atoms. The third-order valence-electron chi connectivity index (χ3n) is 14.3. The molecule has 0 N–H and O–H groups in total. The van der Waals surface area contributed by atoms with Gasteiger partial charge < -0.3 is 9.47 Å². The van der Waals surface area contributed by atoms with E-state index >= 15 is 0 Å². The van der Waals surface area contributed by atoms with Crippen molar-refractivity contribution in [3.8, 4) is 50.2 Å². The Labute approximate surface area is 403 Å². The summed E-state index contributed by atoms with van der Waals surface area (Å²) in [6, 6.07) is 102. The fraction of sp³-hybridized carbons (Fsp3) is 0.0149. The zero-order valence-electron chi connectivity index (χ0n) is 38.0. The van der Waals surface area contributed by atoms with Gasteiger partial charge in [0, 0.05) is 33.4 Å². The van der Waals surface area contributed by atoms with Crippen LogP contribution in [0, 0.1) is 0 Å². The van der Waals surface area contributed by atoms with Gasteiger partial charge in [0.05, 0.1) is 22.1 Å². The van der Waals surface area contributed by atoms with Crippen molar-refractivity contribution in [3.63, 3.8) is 0 Å². The number of hydrogen-bond acceptors (Lipinski definition) is 1. The molecule has 0 bridgehead atoms. The van der Waals surface area contributed by atoms with Crippen molar-refractivity contribution < 1.29 is 0 Å². The number of anilines is 3. The number of nitrogens with zero attached hydrogens (tertiary/aromatic N) is 2. The molecule has 0 radical (unpaired) electrons. The fourth-order valence-corrected chi connectivity index (χ4v) is 11.3. The molecule has 1 aliphatic rings. The SMILES string of the molecule is c1ccc(-c2ccc(N(c3ccccc3)c3ccc4c5ccccc5n(-c5ccc(-c6cccc7c6-c6ccccc6C7(c6ccccc6)c6ccccc6)cc5-c5ccccc5)c4c3)cc2)cc1. The maximum atomic E-state index is 2.49. The molecule has 0 amide bonds. The monoisotopic (exact) mass is 878 g/mol. The first kappa shape index (κ1) is 40.3. The zero-order valence-corrected chi connectivity index (χ0v) is 38.0. The fourth-order valence-electron chi connectivity index (χ4n) is 11.3. The molecule has 0 spiro atoms. The summed E-state index contributed by atoms with van der Waals surface area (Å²) in [6.45, 7) is 0. The second-order valence-corrected chi connectivity index (χ2v) is 18.0. The Kier molecular flexibility index (Phi) is 9.77. The van der Waals surface area contributed by atoms with E-state index in [0.29, 0.717) is 0 Å². The Morgan fingerprint density at radius 1 is 0.290 bits per heavy atom. The van der Waals surface area contributed by atoms with Crippen molar-refractivity contribution >= 4 is 38.9 Å². The topological polar surface area (TPSA) is 8.17 Å². The number of aromatic nitrogens is 1. The Bertz CT molecular complexity index is 3760. The molecule has 0 saturated carbocycles. The van der Waals surface area contributed by atoms with Crippen LogP contribution < -0.4 is 4.90 Å². The molecule has 1 aliphatic carbocycles. The van der Waals surface area contributed by atoms with Gasteiger partial charge in [-0.3, -0.25) is 0 Å². The van der Waals surface area contributed by atoms with Gasteiger partial charge >= 0.3 is 0 Å². The second kappa shape index (κ2) is 16.7. The molecule has 1 heterocycles. The number of hydrogen-bond donors (Lipinski definition) is 0. The van der Waals surface area contributed by atoms with Gasteiger partial charge in [0.1, 0.15) is 0 Å². The first-order valence-electron chi connectivity index (χ1n) is 23.8. The third kappa shape index (κ3) is 6.56. The van der Waals surface area contributed by atoms with E-state index in [4.69, 9.17) is 0 Å². The minimum absolute atomic E-state index is 0.481. The molecular weight excluding hydrogens is 833 g/mol. The van der Waals surface area contributed by atoms with Crippen LogP contribution in [-0.2, 0) is 5.41 Å². The molecule has 1 aromatic heterocycles. The van der Waals surface area contributed by atoms with Crippen molar-refractivity contribution in [2.75, 3.05) is 4.90 Å². The summed E-state index contributed by atoms with van der Waals surface area (Å²) in [7, 11) is 0. The molecule has 0 atom stereocenters. The Morgan fingerprint density at radius 3 is 1.51 bits per heavy atom. The van der Waals surface area contributed by atoms with E-state index in [1.165, 1.54) is 72.0 Å². The number of benzene rings is 11. The maximum absolute atomic E-state index is 2.49. The van der Waals surface area contributed by atoms with Crippen LogP contribution in [0.15, 0.2) is 279 Å². The van der Waals surface area contributed by atoms with Crippen molar-refractivity contribution in [2.24, 2.45) is 0 Å². The van der Waals surface area contributed by atoms with Crippen LogP contribution in [0.4, 0.5) is 17.1 Å². The molecule has 0 unspecified atom stereocenters. The van der Waals surface area contributed by atoms with Crippen LogP contribution in [0.5, 0.6) is 0 Å². The first-order chi connectivity index (χ1) is 34.3. The normalized spacial score (nSPS) is 12.5. The van der Waals surface area contributed by atoms with Crippen LogP contribution in [0.25, 0.3) is 72.0 Å². The highest BCUT2D eigenvalue weighted by molar-refractivity contribution is 6.11. The number of para-hydroxylation sites is 2. The van der Waals surface area contributed by atoms with Gasteiger partial charge in [-0.25, -0.2) is 0 Å². The smallest absolute Gasteiger partial charge is 0.0713 e. The maximum Gasteiger partial charge on any atom is 0.0713 e. The third-order valence-corrected chi connectivity index (χ3v) is 14.3. The van der Waals surface area contributed by atoms with Gasteiger partial charge in [-0.05, 0) is 116 Å². The quantitative estimate of drug-likeness (QED) is 0.140. The van der Waals surface area contributed by atoms with Crippen molar-refractivity contribution in [3.05, 3.63) is 301 Å². The molecule has 0 aliphatic heterocycles. The highest BCUT2D eigenvalue weighted by Gasteiger charge is 2.46. The number of fused-ring (bicyclic) bond motifs is 6. The van der Waals surface area contributed by atoms with E-state index < -0.39 is 5.41 Å². The Balaban J connectivity index is 1.02. The molecule has 2 heteroatoms. The van der Waals surface area contributed by atoms with E-state index in [1.807, 2.05) is 0 Å². The summed E-state index contributed by atoms with van der Waals surface area (Å²) in [6.07, 6.45) is 0. The minimum Gasteiger partial charge on any atom is -0.310 e. The van der Waals surface area contributed by atoms with Gasteiger partial charge in [0.2, 0.25) is 0 Å². The molecule has 0 saturated heterocycles. The summed E-state index contributed by atoms with van der Waals surface area (Å²) in [5.74, 6) is 0. The molecule has 324 valence electrons. The summed E-state index contributed by atoms with van der Waals surface area (Å²) in [5, 5.41) is 2.43. The Morgan fingerprint density at radius 2 is 0.797 bits per heavy atom. The molecule has 11 aromatic carbocycles. The summed E-state index contributed by atoms with van der Waals surface area (Å²) >= 11 is 0. The van der Waals surface area contributed by atoms with Crippen LogP contribution in [0.1, 0.15) is 22.3 Å². The summed E-state index contributed by atoms with van der Waals surface area (Å²) < 4.78 is 2.49. The lowest BCUT2D eigenvalue weighted by Crippen LogP contribution is -2.28. The number of rotatable bonds is 9. The Hall–Kier alpha value is -8.98. The molecule has 12 aromatic rings. The van der Waals surface area contributed by atoms with Crippen molar-refractivity contribution in [1.29, 1.82) is 0 Å². The van der Waals surface area contributed by atoms with Gasteiger partial charge in [0.25, 0.3) is 0 Å². The molecule has 0 fully saturated rings. The van der Waals surface area contributed by atoms with Gasteiger partial charge in [-0.15, -0.1) is 0 Å². The van der Waals surface area contributed by atoms with Crippen LogP contribution in [0.3, 0.4) is 0 Å². The largest absolute Gasteiger partial charge is 0.310 e. The highest BCUT2D eigenvalue weighted by atomic mass is 15.1. The standard InChI is InChI=1S/C67H46N2/c1-6-21-47(22-7-1)48-37-40-54(41-38-48)68(53-29-14-5-15-30-53)55-42-43-58-57-31-17-19-36-63(57)69(65(58)46-55)64-44-39-50(45-60(64)49-23-8-2-9-24-49)56-33-20-35-62-66(56)59-32-16-18-34-61(59)67(62,51-25-10-3-11-26-51)52-27-12-4-13-28-52/h1-46H. The first-order valence-corrected chi connectivity index (χ1v) is 23.8. The van der Waals surface area contributed by atoms with E-state index in [2.05, 4.69) is 289 Å². The van der Waals surface area contributed by atoms with Gasteiger partial charge in [-0.2, -0.15) is 0 Å². The second-order valence-electron chi connectivity index (χ2n) is 18.0.